The van der Waals surface area contributed by atoms with Crippen molar-refractivity contribution in [2.75, 3.05) is 0 Å². The Balaban J connectivity index is 2.94. The van der Waals surface area contributed by atoms with Crippen molar-refractivity contribution in [2.45, 2.75) is 11.8 Å². The first kappa shape index (κ1) is 11.9. The SMILES string of the molecule is Cc1cc(S(=O)(=O)Cl)c2n[nH]c(C(=O)O)c2c1. The number of carboxylic acids is 1. The number of nitrogens with one attached hydrogen (secondary N) is 1. The minimum absolute atomic E-state index is 0.0306. The van der Waals surface area contributed by atoms with Crippen LogP contribution in [0.1, 0.15) is 16.1 Å². The van der Waals surface area contributed by atoms with Crippen LogP contribution in [0.15, 0.2) is 17.0 Å². The Labute approximate surface area is 101 Å². The molecule has 0 unspecified atom stereocenters. The van der Waals surface area contributed by atoms with Gasteiger partial charge >= 0.3 is 5.97 Å². The van der Waals surface area contributed by atoms with Gasteiger partial charge in [0.2, 0.25) is 0 Å². The van der Waals surface area contributed by atoms with E-state index in [9.17, 15) is 13.2 Å². The zero-order valence-electron chi connectivity index (χ0n) is 8.56. The van der Waals surface area contributed by atoms with E-state index in [1.165, 1.54) is 12.1 Å². The molecule has 1 heterocycles. The molecule has 0 amide bonds. The number of aryl methyl sites for hydroxylation is 1. The van der Waals surface area contributed by atoms with Gasteiger partial charge in [-0.3, -0.25) is 5.10 Å². The molecule has 2 N–H and O–H groups in total. The molecule has 17 heavy (non-hydrogen) atoms. The maximum Gasteiger partial charge on any atom is 0.354 e. The lowest BCUT2D eigenvalue weighted by molar-refractivity contribution is 0.0692. The second-order valence-corrected chi connectivity index (χ2v) is 6.04. The molecule has 8 heteroatoms. The van der Waals surface area contributed by atoms with Gasteiger partial charge in [0.25, 0.3) is 9.05 Å². The highest BCUT2D eigenvalue weighted by Crippen LogP contribution is 2.27. The van der Waals surface area contributed by atoms with E-state index in [-0.39, 0.29) is 21.5 Å². The third-order valence-electron chi connectivity index (χ3n) is 2.24. The Hall–Kier alpha value is -1.60. The monoisotopic (exact) mass is 274 g/mol. The number of aromatic nitrogens is 2. The lowest BCUT2D eigenvalue weighted by Crippen LogP contribution is -1.97. The second kappa shape index (κ2) is 3.71. The molecule has 0 saturated heterocycles. The number of aromatic amines is 1. The number of carboxylic acid groups (broad SMARTS) is 1. The Morgan fingerprint density at radius 3 is 2.65 bits per heavy atom. The molecule has 0 radical (unpaired) electrons. The molecule has 0 spiro atoms. The molecule has 0 aliphatic rings. The predicted octanol–water partition coefficient (Wildman–Crippen LogP) is 1.50. The summed E-state index contributed by atoms with van der Waals surface area (Å²) in [7, 11) is 1.30. The van der Waals surface area contributed by atoms with Crippen molar-refractivity contribution < 1.29 is 18.3 Å². The molecule has 0 atom stereocenters. The third-order valence-corrected chi connectivity index (χ3v) is 3.58. The van der Waals surface area contributed by atoms with Crippen LogP contribution in [0.5, 0.6) is 0 Å². The van der Waals surface area contributed by atoms with Crippen LogP contribution in [-0.4, -0.2) is 29.7 Å². The van der Waals surface area contributed by atoms with Gasteiger partial charge in [-0.1, -0.05) is 0 Å². The van der Waals surface area contributed by atoms with Gasteiger partial charge in [0.05, 0.1) is 0 Å². The standard InChI is InChI=1S/C9H7ClN2O4S/c1-4-2-5-7(6(3-4)17(10,15)16)11-12-8(5)9(13)14/h2-3H,1H3,(H,11,12)(H,13,14). The van der Waals surface area contributed by atoms with Gasteiger partial charge in [-0.15, -0.1) is 0 Å². The first-order chi connectivity index (χ1) is 7.80. The molecule has 0 saturated carbocycles. The number of carbonyl (C=O) groups is 1. The number of aromatic carboxylic acids is 1. The normalized spacial score (nSPS) is 11.9. The quantitative estimate of drug-likeness (QED) is 0.808. The summed E-state index contributed by atoms with van der Waals surface area (Å²) in [6.45, 7) is 1.64. The van der Waals surface area contributed by atoms with Crippen LogP contribution >= 0.6 is 10.7 Å². The Kier molecular flexibility index (Phi) is 2.59. The number of halogens is 1. The molecule has 6 nitrogen and oxygen atoms in total. The second-order valence-electron chi connectivity index (χ2n) is 3.50. The number of benzene rings is 1. The highest BCUT2D eigenvalue weighted by molar-refractivity contribution is 8.14. The van der Waals surface area contributed by atoms with E-state index in [0.717, 1.165) is 0 Å². The van der Waals surface area contributed by atoms with Crippen molar-refractivity contribution in [1.29, 1.82) is 0 Å². The van der Waals surface area contributed by atoms with E-state index < -0.39 is 15.0 Å². The maximum absolute atomic E-state index is 11.3. The number of rotatable bonds is 2. The minimum Gasteiger partial charge on any atom is -0.477 e. The summed E-state index contributed by atoms with van der Waals surface area (Å²) in [5.74, 6) is -1.21. The lowest BCUT2D eigenvalue weighted by atomic mass is 10.1. The molecular weight excluding hydrogens is 268 g/mol. The largest absolute Gasteiger partial charge is 0.477 e. The van der Waals surface area contributed by atoms with Crippen LogP contribution in [0.2, 0.25) is 0 Å². The average Bonchev–Trinajstić information content (AvgIpc) is 2.57. The van der Waals surface area contributed by atoms with Crippen molar-refractivity contribution in [1.82, 2.24) is 10.2 Å². The summed E-state index contributed by atoms with van der Waals surface area (Å²) in [5.41, 5.74) is 0.453. The van der Waals surface area contributed by atoms with Gasteiger partial charge < -0.3 is 5.11 Å². The fourth-order valence-corrected chi connectivity index (χ4v) is 2.64. The van der Waals surface area contributed by atoms with Crippen LogP contribution in [0.4, 0.5) is 0 Å². The Morgan fingerprint density at radius 1 is 1.47 bits per heavy atom. The zero-order chi connectivity index (χ0) is 12.8. The molecule has 1 aromatic heterocycles. The van der Waals surface area contributed by atoms with Gasteiger partial charge in [-0.25, -0.2) is 13.2 Å². The van der Waals surface area contributed by atoms with Crippen LogP contribution < -0.4 is 0 Å². The van der Waals surface area contributed by atoms with Crippen LogP contribution in [0, 0.1) is 6.92 Å². The van der Waals surface area contributed by atoms with Gasteiger partial charge in [0, 0.05) is 16.1 Å². The Morgan fingerprint density at radius 2 is 2.12 bits per heavy atom. The first-order valence-electron chi connectivity index (χ1n) is 4.47. The zero-order valence-corrected chi connectivity index (χ0v) is 10.1. The van der Waals surface area contributed by atoms with Crippen LogP contribution in [0.3, 0.4) is 0 Å². The van der Waals surface area contributed by atoms with E-state index in [2.05, 4.69) is 10.2 Å². The third kappa shape index (κ3) is 1.98. The van der Waals surface area contributed by atoms with Gasteiger partial charge in [-0.05, 0) is 24.6 Å². The number of nitrogens with zero attached hydrogens (tertiary/aromatic N) is 1. The van der Waals surface area contributed by atoms with E-state index >= 15 is 0 Å². The van der Waals surface area contributed by atoms with Crippen LogP contribution in [-0.2, 0) is 9.05 Å². The number of H-pyrrole nitrogens is 1. The molecule has 0 fully saturated rings. The summed E-state index contributed by atoms with van der Waals surface area (Å²) in [5, 5.41) is 15.1. The Bertz CT molecular complexity index is 720. The number of fused-ring (bicyclic) bond motifs is 1. The van der Waals surface area contributed by atoms with Crippen molar-refractivity contribution >= 4 is 36.6 Å². The molecule has 2 rings (SSSR count). The van der Waals surface area contributed by atoms with Crippen molar-refractivity contribution in [3.63, 3.8) is 0 Å². The highest BCUT2D eigenvalue weighted by atomic mass is 35.7. The lowest BCUT2D eigenvalue weighted by Gasteiger charge is -2.00. The van der Waals surface area contributed by atoms with Crippen LogP contribution in [0.25, 0.3) is 10.9 Å². The fourth-order valence-electron chi connectivity index (χ4n) is 1.57. The van der Waals surface area contributed by atoms with Crippen molar-refractivity contribution in [2.24, 2.45) is 0 Å². The topological polar surface area (TPSA) is 100 Å². The molecule has 0 bridgehead atoms. The summed E-state index contributed by atoms with van der Waals surface area (Å²) in [4.78, 5) is 10.7. The average molecular weight is 275 g/mol. The van der Waals surface area contributed by atoms with Gasteiger partial charge in [0.15, 0.2) is 5.69 Å². The highest BCUT2D eigenvalue weighted by Gasteiger charge is 2.21. The maximum atomic E-state index is 11.3. The van der Waals surface area contributed by atoms with E-state index in [4.69, 9.17) is 15.8 Å². The summed E-state index contributed by atoms with van der Waals surface area (Å²) in [6, 6.07) is 2.88. The smallest absolute Gasteiger partial charge is 0.354 e. The molecule has 2 aromatic rings. The van der Waals surface area contributed by atoms with E-state index in [1.807, 2.05) is 0 Å². The summed E-state index contributed by atoms with van der Waals surface area (Å²) in [6.07, 6.45) is 0. The van der Waals surface area contributed by atoms with Crippen molar-refractivity contribution in [3.8, 4) is 0 Å². The summed E-state index contributed by atoms with van der Waals surface area (Å²) >= 11 is 0. The molecule has 90 valence electrons. The fraction of sp³-hybridized carbons (Fsp3) is 0.111. The van der Waals surface area contributed by atoms with E-state index in [0.29, 0.717) is 5.56 Å². The summed E-state index contributed by atoms with van der Waals surface area (Å²) < 4.78 is 22.7. The van der Waals surface area contributed by atoms with Gasteiger partial charge in [-0.2, -0.15) is 5.10 Å². The first-order valence-corrected chi connectivity index (χ1v) is 6.78. The number of hydrogen-bond acceptors (Lipinski definition) is 4. The van der Waals surface area contributed by atoms with Crippen molar-refractivity contribution in [3.05, 3.63) is 23.4 Å². The van der Waals surface area contributed by atoms with Gasteiger partial charge in [0.1, 0.15) is 10.4 Å². The molecule has 1 aromatic carbocycles. The molecular formula is C9H7ClN2O4S. The minimum atomic E-state index is -3.97. The number of hydrogen-bond donors (Lipinski definition) is 2. The molecule has 0 aliphatic carbocycles. The molecule has 0 aliphatic heterocycles. The van der Waals surface area contributed by atoms with E-state index in [1.54, 1.807) is 6.92 Å². The predicted molar refractivity (Wildman–Crippen MR) is 60.8 cm³/mol.